The van der Waals surface area contributed by atoms with Crippen LogP contribution in [-0.2, 0) is 4.79 Å². The number of anilines is 1. The number of carbonyl (C=O) groups is 1. The van der Waals surface area contributed by atoms with Crippen LogP contribution < -0.4 is 4.90 Å². The smallest absolute Gasteiger partial charge is 0.306 e. The minimum Gasteiger partial charge on any atom is -0.481 e. The topological polar surface area (TPSA) is 53.4 Å². The Hall–Kier alpha value is -1.10. The molecule has 1 N–H and O–H groups in total. The number of pyridine rings is 1. The largest absolute Gasteiger partial charge is 0.481 e. The average molecular weight is 285 g/mol. The number of nitrogens with zero attached hydrogens (tertiary/aromatic N) is 2. The van der Waals surface area contributed by atoms with E-state index in [1.807, 2.05) is 12.1 Å². The Morgan fingerprint density at radius 3 is 2.75 bits per heavy atom. The summed E-state index contributed by atoms with van der Waals surface area (Å²) in [5.74, 6) is 0.0322. The SMILES string of the molecule is O=C(O)C1CCN(c2ncccc2Br)CC1. The number of carboxylic acids is 1. The van der Waals surface area contributed by atoms with Crippen molar-refractivity contribution in [3.05, 3.63) is 22.8 Å². The summed E-state index contributed by atoms with van der Waals surface area (Å²) in [5, 5.41) is 8.91. The van der Waals surface area contributed by atoms with Gasteiger partial charge in [0, 0.05) is 19.3 Å². The maximum absolute atomic E-state index is 10.8. The summed E-state index contributed by atoms with van der Waals surface area (Å²) in [7, 11) is 0. The molecule has 1 aromatic rings. The van der Waals surface area contributed by atoms with Gasteiger partial charge in [0.1, 0.15) is 5.82 Å². The van der Waals surface area contributed by atoms with Gasteiger partial charge in [-0.2, -0.15) is 0 Å². The van der Waals surface area contributed by atoms with Crippen LogP contribution in [0.3, 0.4) is 0 Å². The molecule has 5 heteroatoms. The second kappa shape index (κ2) is 4.82. The Labute approximate surface area is 102 Å². The molecule has 0 spiro atoms. The lowest BCUT2D eigenvalue weighted by Crippen LogP contribution is -2.36. The summed E-state index contributed by atoms with van der Waals surface area (Å²) in [6, 6.07) is 3.82. The summed E-state index contributed by atoms with van der Waals surface area (Å²) in [6.07, 6.45) is 3.14. The number of hydrogen-bond donors (Lipinski definition) is 1. The zero-order chi connectivity index (χ0) is 11.5. The first-order valence-corrected chi connectivity index (χ1v) is 6.06. The third-order valence-corrected chi connectivity index (χ3v) is 3.50. The van der Waals surface area contributed by atoms with Gasteiger partial charge in [0.25, 0.3) is 0 Å². The predicted molar refractivity (Wildman–Crippen MR) is 64.5 cm³/mol. The van der Waals surface area contributed by atoms with E-state index in [0.717, 1.165) is 23.4 Å². The van der Waals surface area contributed by atoms with Gasteiger partial charge < -0.3 is 10.0 Å². The van der Waals surface area contributed by atoms with Crippen molar-refractivity contribution in [3.8, 4) is 0 Å². The molecule has 1 fully saturated rings. The van der Waals surface area contributed by atoms with Gasteiger partial charge in [0.05, 0.1) is 10.4 Å². The van der Waals surface area contributed by atoms with Crippen molar-refractivity contribution < 1.29 is 9.90 Å². The minimum absolute atomic E-state index is 0.196. The van der Waals surface area contributed by atoms with Crippen molar-refractivity contribution in [2.75, 3.05) is 18.0 Å². The molecule has 86 valence electrons. The summed E-state index contributed by atoms with van der Waals surface area (Å²) in [4.78, 5) is 17.3. The molecule has 2 rings (SSSR count). The van der Waals surface area contributed by atoms with Crippen LogP contribution >= 0.6 is 15.9 Å². The summed E-state index contributed by atoms with van der Waals surface area (Å²) >= 11 is 3.46. The van der Waals surface area contributed by atoms with Gasteiger partial charge in [-0.15, -0.1) is 0 Å². The van der Waals surface area contributed by atoms with Crippen molar-refractivity contribution in [1.29, 1.82) is 0 Å². The van der Waals surface area contributed by atoms with Gasteiger partial charge in [0.15, 0.2) is 0 Å². The molecule has 0 aromatic carbocycles. The normalized spacial score (nSPS) is 17.4. The number of aliphatic carboxylic acids is 1. The number of rotatable bonds is 2. The van der Waals surface area contributed by atoms with Crippen LogP contribution in [0.15, 0.2) is 22.8 Å². The van der Waals surface area contributed by atoms with Crippen LogP contribution in [0, 0.1) is 5.92 Å². The molecule has 2 heterocycles. The van der Waals surface area contributed by atoms with E-state index in [4.69, 9.17) is 5.11 Å². The minimum atomic E-state index is -0.681. The maximum Gasteiger partial charge on any atom is 0.306 e. The van der Waals surface area contributed by atoms with Crippen LogP contribution in [0.25, 0.3) is 0 Å². The molecule has 16 heavy (non-hydrogen) atoms. The van der Waals surface area contributed by atoms with E-state index in [2.05, 4.69) is 25.8 Å². The third-order valence-electron chi connectivity index (χ3n) is 2.88. The monoisotopic (exact) mass is 284 g/mol. The van der Waals surface area contributed by atoms with Gasteiger partial charge in [-0.3, -0.25) is 4.79 Å². The van der Waals surface area contributed by atoms with Crippen LogP contribution in [0.2, 0.25) is 0 Å². The van der Waals surface area contributed by atoms with E-state index in [-0.39, 0.29) is 5.92 Å². The zero-order valence-electron chi connectivity index (χ0n) is 8.77. The number of hydrogen-bond acceptors (Lipinski definition) is 3. The van der Waals surface area contributed by atoms with Crippen molar-refractivity contribution in [3.63, 3.8) is 0 Å². The summed E-state index contributed by atoms with van der Waals surface area (Å²) in [6.45, 7) is 1.51. The molecule has 0 atom stereocenters. The number of aromatic nitrogens is 1. The first kappa shape index (κ1) is 11.4. The zero-order valence-corrected chi connectivity index (χ0v) is 10.4. The Morgan fingerprint density at radius 2 is 2.19 bits per heavy atom. The molecule has 1 aromatic heterocycles. The highest BCUT2D eigenvalue weighted by Gasteiger charge is 2.25. The third kappa shape index (κ3) is 2.35. The van der Waals surface area contributed by atoms with Crippen molar-refractivity contribution >= 4 is 27.7 Å². The highest BCUT2D eigenvalue weighted by molar-refractivity contribution is 9.10. The van der Waals surface area contributed by atoms with Gasteiger partial charge in [0.2, 0.25) is 0 Å². The summed E-state index contributed by atoms with van der Waals surface area (Å²) in [5.41, 5.74) is 0. The van der Waals surface area contributed by atoms with E-state index in [0.29, 0.717) is 12.8 Å². The molecule has 1 aliphatic heterocycles. The lowest BCUT2D eigenvalue weighted by molar-refractivity contribution is -0.142. The van der Waals surface area contributed by atoms with Crippen molar-refractivity contribution in [2.24, 2.45) is 5.92 Å². The lowest BCUT2D eigenvalue weighted by atomic mass is 9.97. The quantitative estimate of drug-likeness (QED) is 0.904. The van der Waals surface area contributed by atoms with Crippen molar-refractivity contribution in [1.82, 2.24) is 4.98 Å². The fraction of sp³-hybridized carbons (Fsp3) is 0.455. The Morgan fingerprint density at radius 1 is 1.50 bits per heavy atom. The molecular formula is C11H13BrN2O2. The fourth-order valence-corrected chi connectivity index (χ4v) is 2.45. The Bertz CT molecular complexity index is 389. The van der Waals surface area contributed by atoms with Gasteiger partial charge in [-0.25, -0.2) is 4.98 Å². The van der Waals surface area contributed by atoms with E-state index in [9.17, 15) is 4.79 Å². The first-order chi connectivity index (χ1) is 7.68. The standard InChI is InChI=1S/C11H13BrN2O2/c12-9-2-1-5-13-10(9)14-6-3-8(4-7-14)11(15)16/h1-2,5,8H,3-4,6-7H2,(H,15,16). The van der Waals surface area contributed by atoms with E-state index in [1.165, 1.54) is 0 Å². The van der Waals surface area contributed by atoms with Gasteiger partial charge in [-0.05, 0) is 40.9 Å². The molecule has 1 aliphatic rings. The molecular weight excluding hydrogens is 272 g/mol. The first-order valence-electron chi connectivity index (χ1n) is 5.27. The number of halogens is 1. The average Bonchev–Trinajstić information content (AvgIpc) is 2.30. The molecule has 4 nitrogen and oxygen atoms in total. The molecule has 0 aliphatic carbocycles. The highest BCUT2D eigenvalue weighted by atomic mass is 79.9. The molecule has 1 saturated heterocycles. The number of piperidine rings is 1. The molecule has 0 unspecified atom stereocenters. The predicted octanol–water partition coefficient (Wildman–Crippen LogP) is 2.15. The van der Waals surface area contributed by atoms with E-state index < -0.39 is 5.97 Å². The molecule has 0 saturated carbocycles. The van der Waals surface area contributed by atoms with Crippen molar-refractivity contribution in [2.45, 2.75) is 12.8 Å². The summed E-state index contributed by atoms with van der Waals surface area (Å²) < 4.78 is 0.962. The second-order valence-electron chi connectivity index (χ2n) is 3.91. The van der Waals surface area contributed by atoms with Gasteiger partial charge >= 0.3 is 5.97 Å². The molecule has 0 bridgehead atoms. The fourth-order valence-electron chi connectivity index (χ4n) is 1.95. The molecule has 0 radical (unpaired) electrons. The van der Waals surface area contributed by atoms with E-state index >= 15 is 0 Å². The van der Waals surface area contributed by atoms with Crippen LogP contribution in [0.1, 0.15) is 12.8 Å². The van der Waals surface area contributed by atoms with E-state index in [1.54, 1.807) is 6.20 Å². The van der Waals surface area contributed by atoms with Gasteiger partial charge in [-0.1, -0.05) is 0 Å². The van der Waals surface area contributed by atoms with Crippen LogP contribution in [0.5, 0.6) is 0 Å². The lowest BCUT2D eigenvalue weighted by Gasteiger charge is -2.31. The Balaban J connectivity index is 2.05. The Kier molecular flexibility index (Phi) is 3.43. The maximum atomic E-state index is 10.8. The second-order valence-corrected chi connectivity index (χ2v) is 4.76. The number of carboxylic acid groups (broad SMARTS) is 1. The highest BCUT2D eigenvalue weighted by Crippen LogP contribution is 2.27. The molecule has 0 amide bonds. The van der Waals surface area contributed by atoms with Crippen LogP contribution in [0.4, 0.5) is 5.82 Å². The van der Waals surface area contributed by atoms with Crippen LogP contribution in [-0.4, -0.2) is 29.1 Å².